The predicted molar refractivity (Wildman–Crippen MR) is 116 cm³/mol. The van der Waals surface area contributed by atoms with Gasteiger partial charge >= 0.3 is 5.97 Å². The first-order chi connectivity index (χ1) is 14.3. The van der Waals surface area contributed by atoms with E-state index in [0.29, 0.717) is 18.3 Å². The van der Waals surface area contributed by atoms with Crippen molar-refractivity contribution in [3.05, 3.63) is 60.2 Å². The van der Waals surface area contributed by atoms with Crippen LogP contribution in [-0.4, -0.2) is 22.6 Å². The fourth-order valence-electron chi connectivity index (χ4n) is 5.60. The number of cyclic esters (lactones) is 1. The monoisotopic (exact) mass is 408 g/mol. The Morgan fingerprint density at radius 3 is 2.73 bits per heavy atom. The normalized spacial score (nSPS) is 33.5. The molecule has 0 bridgehead atoms. The molecule has 1 aliphatic carbocycles. The molecule has 4 nitrogen and oxygen atoms in total. The van der Waals surface area contributed by atoms with Gasteiger partial charge in [-0.25, -0.2) is 4.39 Å². The number of halogens is 1. The third kappa shape index (κ3) is 3.56. The Morgan fingerprint density at radius 1 is 1.27 bits per heavy atom. The Labute approximate surface area is 177 Å². The van der Waals surface area contributed by atoms with Crippen LogP contribution >= 0.6 is 0 Å². The number of nitrogens with two attached hydrogens (primary N) is 1. The van der Waals surface area contributed by atoms with Crippen LogP contribution in [0, 0.1) is 29.5 Å². The van der Waals surface area contributed by atoms with Crippen molar-refractivity contribution >= 4 is 12.0 Å². The largest absolute Gasteiger partial charge is 0.461 e. The first kappa shape index (κ1) is 20.7. The van der Waals surface area contributed by atoms with Crippen LogP contribution in [0.25, 0.3) is 17.2 Å². The Balaban J connectivity index is 1.60. The lowest BCUT2D eigenvalue weighted by Crippen LogP contribution is -2.59. The van der Waals surface area contributed by atoms with Gasteiger partial charge in [0.2, 0.25) is 0 Å². The Kier molecular flexibility index (Phi) is 5.49. The van der Waals surface area contributed by atoms with E-state index in [1.165, 1.54) is 12.1 Å². The van der Waals surface area contributed by atoms with Gasteiger partial charge in [-0.2, -0.15) is 0 Å². The molecular formula is C25H29FN2O2. The van der Waals surface area contributed by atoms with Crippen molar-refractivity contribution in [3.63, 3.8) is 0 Å². The minimum atomic E-state index is -0.909. The summed E-state index contributed by atoms with van der Waals surface area (Å²) >= 11 is 0. The number of rotatable bonds is 4. The number of fused-ring (bicyclic) bond motifs is 1. The first-order valence-electron chi connectivity index (χ1n) is 10.7. The van der Waals surface area contributed by atoms with E-state index in [0.717, 1.165) is 23.2 Å². The highest BCUT2D eigenvalue weighted by Crippen LogP contribution is 2.51. The molecular weight excluding hydrogens is 379 g/mol. The zero-order valence-electron chi connectivity index (χ0n) is 17.7. The molecule has 1 saturated heterocycles. The van der Waals surface area contributed by atoms with E-state index in [9.17, 15) is 9.18 Å². The molecule has 158 valence electrons. The summed E-state index contributed by atoms with van der Waals surface area (Å²) in [6.07, 6.45) is 7.43. The topological polar surface area (TPSA) is 65.2 Å². The van der Waals surface area contributed by atoms with Crippen molar-refractivity contribution in [2.45, 2.75) is 45.3 Å². The van der Waals surface area contributed by atoms with Crippen molar-refractivity contribution in [1.29, 1.82) is 0 Å². The zero-order chi connectivity index (χ0) is 21.5. The summed E-state index contributed by atoms with van der Waals surface area (Å²) < 4.78 is 19.0. The number of carbonyl (C=O) groups is 1. The molecule has 4 rings (SSSR count). The van der Waals surface area contributed by atoms with E-state index in [-0.39, 0.29) is 29.7 Å². The molecule has 1 saturated carbocycles. The molecule has 2 N–H and O–H groups in total. The minimum absolute atomic E-state index is 0.0334. The van der Waals surface area contributed by atoms with Gasteiger partial charge in [-0.05, 0) is 60.9 Å². The van der Waals surface area contributed by atoms with Crippen LogP contribution in [-0.2, 0) is 9.53 Å². The minimum Gasteiger partial charge on any atom is -0.461 e. The maximum absolute atomic E-state index is 13.5. The van der Waals surface area contributed by atoms with Crippen LogP contribution in [0.1, 0.15) is 39.3 Å². The van der Waals surface area contributed by atoms with Crippen LogP contribution in [0.5, 0.6) is 0 Å². The van der Waals surface area contributed by atoms with Crippen LogP contribution in [0.3, 0.4) is 0 Å². The molecule has 2 aliphatic rings. The van der Waals surface area contributed by atoms with Gasteiger partial charge in [-0.1, -0.05) is 44.5 Å². The number of allylic oxidation sites excluding steroid dienone is 1. The molecule has 5 heteroatoms. The lowest BCUT2D eigenvalue weighted by atomic mass is 9.58. The van der Waals surface area contributed by atoms with Gasteiger partial charge in [-0.15, -0.1) is 0 Å². The van der Waals surface area contributed by atoms with Gasteiger partial charge in [-0.3, -0.25) is 9.78 Å². The van der Waals surface area contributed by atoms with Gasteiger partial charge in [0.05, 0.1) is 5.69 Å². The third-order valence-corrected chi connectivity index (χ3v) is 6.98. The summed E-state index contributed by atoms with van der Waals surface area (Å²) in [5.41, 5.74) is 8.19. The van der Waals surface area contributed by atoms with Gasteiger partial charge in [0.1, 0.15) is 17.5 Å². The number of pyridine rings is 1. The third-order valence-electron chi connectivity index (χ3n) is 6.98. The van der Waals surface area contributed by atoms with Gasteiger partial charge in [0.25, 0.3) is 0 Å². The Morgan fingerprint density at radius 2 is 2.07 bits per heavy atom. The van der Waals surface area contributed by atoms with E-state index >= 15 is 0 Å². The molecule has 30 heavy (non-hydrogen) atoms. The summed E-state index contributed by atoms with van der Waals surface area (Å²) in [5, 5.41) is 0. The Bertz CT molecular complexity index is 958. The summed E-state index contributed by atoms with van der Waals surface area (Å²) in [6.45, 7) is 6.33. The number of benzene rings is 1. The summed E-state index contributed by atoms with van der Waals surface area (Å²) in [6, 6.07) is 10.4. The van der Waals surface area contributed by atoms with E-state index in [1.807, 2.05) is 31.2 Å². The second kappa shape index (κ2) is 7.95. The second-order valence-corrected chi connectivity index (χ2v) is 8.85. The highest BCUT2D eigenvalue weighted by Gasteiger charge is 2.60. The lowest BCUT2D eigenvalue weighted by Gasteiger charge is -2.46. The smallest absolute Gasteiger partial charge is 0.326 e. The zero-order valence-corrected chi connectivity index (χ0v) is 17.7. The standard InChI is InChI=1S/C25H29FN2O2/c1-4-21-15(2)13-25(27)23(16(3)30-24(25)29)22(21)11-10-20-9-8-18(14-28-20)17-6-5-7-19(26)12-17/h5-12,14-16,21-23H,4,13,27H2,1-3H3/b11-10+/t15-,16+,21+,22-,23-,25?/m0/s1. The van der Waals surface area contributed by atoms with Crippen molar-refractivity contribution in [2.24, 2.45) is 29.4 Å². The predicted octanol–water partition coefficient (Wildman–Crippen LogP) is 4.84. The summed E-state index contributed by atoms with van der Waals surface area (Å²) in [5.74, 6) is 0.362. The van der Waals surface area contributed by atoms with Crippen molar-refractivity contribution in [3.8, 4) is 11.1 Å². The average molecular weight is 409 g/mol. The van der Waals surface area contributed by atoms with Gasteiger partial charge in [0, 0.05) is 17.7 Å². The molecule has 1 unspecified atom stereocenters. The first-order valence-corrected chi connectivity index (χ1v) is 10.7. The Hall–Kier alpha value is -2.53. The van der Waals surface area contributed by atoms with Crippen molar-refractivity contribution in [1.82, 2.24) is 4.98 Å². The molecule has 1 aromatic carbocycles. The van der Waals surface area contributed by atoms with Gasteiger partial charge < -0.3 is 10.5 Å². The molecule has 6 atom stereocenters. The van der Waals surface area contributed by atoms with Crippen LogP contribution in [0.15, 0.2) is 48.7 Å². The maximum Gasteiger partial charge on any atom is 0.326 e. The van der Waals surface area contributed by atoms with E-state index in [1.54, 1.807) is 12.3 Å². The van der Waals surface area contributed by atoms with E-state index < -0.39 is 5.54 Å². The van der Waals surface area contributed by atoms with Crippen molar-refractivity contribution in [2.75, 3.05) is 0 Å². The number of carbonyl (C=O) groups excluding carboxylic acids is 1. The molecule has 2 fully saturated rings. The highest BCUT2D eigenvalue weighted by atomic mass is 19.1. The SMILES string of the molecule is CC[C@H]1[C@H](/C=C/c2ccc(-c3cccc(F)c3)cn2)[C@@H]2[C@@H](C)OC(=O)C2(N)C[C@@H]1C. The molecule has 0 radical (unpaired) electrons. The van der Waals surface area contributed by atoms with Crippen LogP contribution in [0.4, 0.5) is 4.39 Å². The number of ether oxygens (including phenoxy) is 1. The fourth-order valence-corrected chi connectivity index (χ4v) is 5.60. The fraction of sp³-hybridized carbons (Fsp3) is 0.440. The number of hydrogen-bond acceptors (Lipinski definition) is 4. The molecule has 0 spiro atoms. The molecule has 2 heterocycles. The average Bonchev–Trinajstić information content (AvgIpc) is 2.94. The molecule has 2 aromatic rings. The van der Waals surface area contributed by atoms with Crippen molar-refractivity contribution < 1.29 is 13.9 Å². The molecule has 0 amide bonds. The number of nitrogens with zero attached hydrogens (tertiary/aromatic N) is 1. The maximum atomic E-state index is 13.5. The summed E-state index contributed by atoms with van der Waals surface area (Å²) in [7, 11) is 0. The number of aromatic nitrogens is 1. The molecule has 1 aliphatic heterocycles. The lowest BCUT2D eigenvalue weighted by molar-refractivity contribution is -0.145. The van der Waals surface area contributed by atoms with E-state index in [4.69, 9.17) is 10.5 Å². The molecule has 1 aromatic heterocycles. The van der Waals surface area contributed by atoms with Gasteiger partial charge in [0.15, 0.2) is 0 Å². The van der Waals surface area contributed by atoms with Crippen LogP contribution in [0.2, 0.25) is 0 Å². The number of hydrogen-bond donors (Lipinski definition) is 1. The summed E-state index contributed by atoms with van der Waals surface area (Å²) in [4.78, 5) is 17.0. The highest BCUT2D eigenvalue weighted by molar-refractivity contribution is 5.84. The quantitative estimate of drug-likeness (QED) is 0.735. The van der Waals surface area contributed by atoms with Crippen LogP contribution < -0.4 is 5.73 Å². The van der Waals surface area contributed by atoms with E-state index in [2.05, 4.69) is 24.9 Å². The number of esters is 1. The second-order valence-electron chi connectivity index (χ2n) is 8.85.